The number of aliphatic carboxylic acids is 1. The lowest BCUT2D eigenvalue weighted by Crippen LogP contribution is -1.92. The molecule has 0 spiro atoms. The molecule has 0 atom stereocenters. The van der Waals surface area contributed by atoms with Gasteiger partial charge in [-0.3, -0.25) is 4.79 Å². The van der Waals surface area contributed by atoms with E-state index >= 15 is 0 Å². The van der Waals surface area contributed by atoms with Gasteiger partial charge in [-0.25, -0.2) is 0 Å². The molecule has 0 radical (unpaired) electrons. The molecule has 0 aromatic heterocycles. The molecule has 84 valence electrons. The molecule has 1 aliphatic heterocycles. The molecule has 0 saturated heterocycles. The third-order valence-electron chi connectivity index (χ3n) is 2.23. The lowest BCUT2D eigenvalue weighted by molar-refractivity contribution is -0.136. The van der Waals surface area contributed by atoms with Crippen LogP contribution in [0.15, 0.2) is 24.3 Å². The highest BCUT2D eigenvalue weighted by molar-refractivity contribution is 5.67. The van der Waals surface area contributed by atoms with Crippen molar-refractivity contribution in [2.45, 2.75) is 12.8 Å². The Labute approximate surface area is 93.1 Å². The maximum Gasteiger partial charge on any atom is 0.303 e. The minimum atomic E-state index is -0.782. The smallest absolute Gasteiger partial charge is 0.303 e. The van der Waals surface area contributed by atoms with Crippen LogP contribution in [0.25, 0.3) is 6.08 Å². The molecule has 0 amide bonds. The summed E-state index contributed by atoms with van der Waals surface area (Å²) >= 11 is 0. The molecule has 0 aliphatic carbocycles. The van der Waals surface area contributed by atoms with Crippen molar-refractivity contribution >= 4 is 12.0 Å². The van der Waals surface area contributed by atoms with Gasteiger partial charge < -0.3 is 14.6 Å². The second-order valence-electron chi connectivity index (χ2n) is 3.45. The fourth-order valence-electron chi connectivity index (χ4n) is 1.44. The number of carbonyl (C=O) groups is 1. The van der Waals surface area contributed by atoms with E-state index in [9.17, 15) is 4.79 Å². The maximum absolute atomic E-state index is 10.3. The quantitative estimate of drug-likeness (QED) is 0.845. The van der Waals surface area contributed by atoms with Crippen LogP contribution in [-0.4, -0.2) is 17.9 Å². The maximum atomic E-state index is 10.3. The molecule has 1 aromatic rings. The van der Waals surface area contributed by atoms with E-state index in [4.69, 9.17) is 14.6 Å². The van der Waals surface area contributed by atoms with Gasteiger partial charge >= 0.3 is 5.97 Å². The van der Waals surface area contributed by atoms with Crippen molar-refractivity contribution in [3.05, 3.63) is 29.8 Å². The van der Waals surface area contributed by atoms with E-state index in [-0.39, 0.29) is 13.2 Å². The average molecular weight is 220 g/mol. The van der Waals surface area contributed by atoms with Gasteiger partial charge in [-0.1, -0.05) is 18.2 Å². The molecule has 4 nitrogen and oxygen atoms in total. The third-order valence-corrected chi connectivity index (χ3v) is 2.23. The van der Waals surface area contributed by atoms with Crippen LogP contribution in [0.1, 0.15) is 18.4 Å². The van der Waals surface area contributed by atoms with E-state index in [1.807, 2.05) is 30.4 Å². The van der Waals surface area contributed by atoms with Crippen LogP contribution in [0.5, 0.6) is 11.5 Å². The largest absolute Gasteiger partial charge is 0.481 e. The number of hydrogen-bond donors (Lipinski definition) is 1. The molecule has 1 N–H and O–H groups in total. The van der Waals surface area contributed by atoms with E-state index in [2.05, 4.69) is 0 Å². The van der Waals surface area contributed by atoms with Gasteiger partial charge in [-0.15, -0.1) is 0 Å². The SMILES string of the molecule is O=C(O)CC/C=C/c1ccc2c(c1)OCO2. The molecule has 0 unspecified atom stereocenters. The minimum absolute atomic E-state index is 0.154. The molecule has 4 heteroatoms. The zero-order valence-corrected chi connectivity index (χ0v) is 8.68. The van der Waals surface area contributed by atoms with Crippen molar-refractivity contribution in [1.82, 2.24) is 0 Å². The highest BCUT2D eigenvalue weighted by Crippen LogP contribution is 2.32. The molecule has 1 aromatic carbocycles. The van der Waals surface area contributed by atoms with Gasteiger partial charge in [0, 0.05) is 6.42 Å². The predicted molar refractivity (Wildman–Crippen MR) is 58.5 cm³/mol. The summed E-state index contributed by atoms with van der Waals surface area (Å²) in [6.07, 6.45) is 4.40. The number of ether oxygens (including phenoxy) is 2. The standard InChI is InChI=1S/C12H12O4/c13-12(14)4-2-1-3-9-5-6-10-11(7-9)16-8-15-10/h1,3,5-7H,2,4,8H2,(H,13,14)/b3-1+. The number of rotatable bonds is 4. The molecular weight excluding hydrogens is 208 g/mol. The average Bonchev–Trinajstić information content (AvgIpc) is 2.71. The number of carboxylic acids is 1. The Balaban J connectivity index is 1.97. The summed E-state index contributed by atoms with van der Waals surface area (Å²) in [6, 6.07) is 5.63. The van der Waals surface area contributed by atoms with Gasteiger partial charge in [-0.05, 0) is 24.1 Å². The predicted octanol–water partition coefficient (Wildman–Crippen LogP) is 2.29. The lowest BCUT2D eigenvalue weighted by Gasteiger charge is -1.97. The Morgan fingerprint density at radius 3 is 3.00 bits per heavy atom. The van der Waals surface area contributed by atoms with E-state index < -0.39 is 5.97 Å². The molecule has 0 fully saturated rings. The van der Waals surface area contributed by atoms with Crippen LogP contribution in [0.2, 0.25) is 0 Å². The Kier molecular flexibility index (Phi) is 3.10. The van der Waals surface area contributed by atoms with Crippen LogP contribution in [0, 0.1) is 0 Å². The zero-order chi connectivity index (χ0) is 11.4. The Morgan fingerprint density at radius 1 is 1.38 bits per heavy atom. The molecule has 1 heterocycles. The number of fused-ring (bicyclic) bond motifs is 1. The summed E-state index contributed by atoms with van der Waals surface area (Å²) in [4.78, 5) is 10.3. The monoisotopic (exact) mass is 220 g/mol. The lowest BCUT2D eigenvalue weighted by atomic mass is 10.1. The molecule has 2 rings (SSSR count). The number of benzene rings is 1. The van der Waals surface area contributed by atoms with Crippen molar-refractivity contribution in [2.75, 3.05) is 6.79 Å². The van der Waals surface area contributed by atoms with Crippen molar-refractivity contribution in [3.8, 4) is 11.5 Å². The number of carboxylic acid groups (broad SMARTS) is 1. The van der Waals surface area contributed by atoms with Gasteiger partial charge in [0.1, 0.15) is 0 Å². The second kappa shape index (κ2) is 4.70. The minimum Gasteiger partial charge on any atom is -0.481 e. The van der Waals surface area contributed by atoms with E-state index in [1.54, 1.807) is 0 Å². The molecular formula is C12H12O4. The Hall–Kier alpha value is -1.97. The van der Waals surface area contributed by atoms with Crippen molar-refractivity contribution in [1.29, 1.82) is 0 Å². The normalized spacial score (nSPS) is 13.2. The first-order valence-electron chi connectivity index (χ1n) is 5.04. The summed E-state index contributed by atoms with van der Waals surface area (Å²) in [5.74, 6) is 0.707. The number of hydrogen-bond acceptors (Lipinski definition) is 3. The highest BCUT2D eigenvalue weighted by Gasteiger charge is 2.11. The summed E-state index contributed by atoms with van der Waals surface area (Å²) < 4.78 is 10.4. The van der Waals surface area contributed by atoms with Crippen molar-refractivity contribution < 1.29 is 19.4 Å². The first kappa shape index (κ1) is 10.5. The van der Waals surface area contributed by atoms with Gasteiger partial charge in [-0.2, -0.15) is 0 Å². The summed E-state index contributed by atoms with van der Waals surface area (Å²) in [7, 11) is 0. The Morgan fingerprint density at radius 2 is 2.19 bits per heavy atom. The first-order chi connectivity index (χ1) is 7.75. The molecule has 0 saturated carbocycles. The fourth-order valence-corrected chi connectivity index (χ4v) is 1.44. The zero-order valence-electron chi connectivity index (χ0n) is 8.68. The van der Waals surface area contributed by atoms with Crippen LogP contribution in [0.3, 0.4) is 0 Å². The van der Waals surface area contributed by atoms with Gasteiger partial charge in [0.15, 0.2) is 11.5 Å². The molecule has 1 aliphatic rings. The summed E-state index contributed by atoms with van der Waals surface area (Å²) in [5, 5.41) is 8.47. The van der Waals surface area contributed by atoms with Crippen molar-refractivity contribution in [3.63, 3.8) is 0 Å². The second-order valence-corrected chi connectivity index (χ2v) is 3.45. The first-order valence-corrected chi connectivity index (χ1v) is 5.04. The summed E-state index contributed by atoms with van der Waals surface area (Å²) in [5.41, 5.74) is 0.981. The van der Waals surface area contributed by atoms with Crippen LogP contribution in [0.4, 0.5) is 0 Å². The fraction of sp³-hybridized carbons (Fsp3) is 0.250. The third kappa shape index (κ3) is 2.53. The van der Waals surface area contributed by atoms with E-state index in [0.717, 1.165) is 17.1 Å². The van der Waals surface area contributed by atoms with Crippen LogP contribution < -0.4 is 9.47 Å². The van der Waals surface area contributed by atoms with Crippen LogP contribution in [-0.2, 0) is 4.79 Å². The van der Waals surface area contributed by atoms with Crippen LogP contribution >= 0.6 is 0 Å². The van der Waals surface area contributed by atoms with Gasteiger partial charge in [0.25, 0.3) is 0 Å². The summed E-state index contributed by atoms with van der Waals surface area (Å²) in [6.45, 7) is 0.265. The van der Waals surface area contributed by atoms with Gasteiger partial charge in [0.05, 0.1) is 0 Å². The Bertz CT molecular complexity index is 423. The van der Waals surface area contributed by atoms with Gasteiger partial charge in [0.2, 0.25) is 6.79 Å². The van der Waals surface area contributed by atoms with E-state index in [0.29, 0.717) is 6.42 Å². The molecule has 16 heavy (non-hydrogen) atoms. The van der Waals surface area contributed by atoms with E-state index in [1.165, 1.54) is 0 Å². The number of allylic oxidation sites excluding steroid dienone is 1. The van der Waals surface area contributed by atoms with Crippen molar-refractivity contribution in [2.24, 2.45) is 0 Å². The topological polar surface area (TPSA) is 55.8 Å². The molecule has 0 bridgehead atoms. The highest BCUT2D eigenvalue weighted by atomic mass is 16.7.